The van der Waals surface area contributed by atoms with Crippen molar-refractivity contribution in [1.29, 1.82) is 0 Å². The van der Waals surface area contributed by atoms with Crippen LogP contribution in [0.4, 0.5) is 0 Å². The molecular weight excluding hydrogens is 514 g/mol. The van der Waals surface area contributed by atoms with Gasteiger partial charge in [0.15, 0.2) is 5.60 Å². The van der Waals surface area contributed by atoms with Crippen molar-refractivity contribution in [2.75, 3.05) is 32.7 Å². The summed E-state index contributed by atoms with van der Waals surface area (Å²) < 4.78 is 6.08. The van der Waals surface area contributed by atoms with Crippen molar-refractivity contribution in [2.24, 2.45) is 0 Å². The Bertz CT molecular complexity index is 1270. The lowest BCUT2D eigenvalue weighted by Crippen LogP contribution is -2.56. The molecule has 0 atom stereocenters. The van der Waals surface area contributed by atoms with Crippen LogP contribution < -0.4 is 10.1 Å². The average Bonchev–Trinajstić information content (AvgIpc) is 2.94. The molecule has 1 fully saturated rings. The van der Waals surface area contributed by atoms with E-state index in [1.807, 2.05) is 59.5 Å². The summed E-state index contributed by atoms with van der Waals surface area (Å²) in [6, 6.07) is 24.0. The highest BCUT2D eigenvalue weighted by molar-refractivity contribution is 6.30. The van der Waals surface area contributed by atoms with Gasteiger partial charge in [-0.25, -0.2) is 0 Å². The van der Waals surface area contributed by atoms with Crippen molar-refractivity contribution in [3.05, 3.63) is 101 Å². The molecule has 1 aliphatic heterocycles. The first-order chi connectivity index (χ1) is 18.7. The number of ether oxygens (including phenoxy) is 1. The van der Waals surface area contributed by atoms with Crippen molar-refractivity contribution in [2.45, 2.75) is 32.3 Å². The number of piperazine rings is 1. The smallest absolute Gasteiger partial charge is 0.266 e. The van der Waals surface area contributed by atoms with Crippen LogP contribution in [-0.4, -0.2) is 65.8 Å². The van der Waals surface area contributed by atoms with Crippen LogP contribution in [0, 0.1) is 0 Å². The van der Waals surface area contributed by atoms with E-state index in [0.717, 1.165) is 11.1 Å². The topological polar surface area (TPSA) is 79.0 Å². The van der Waals surface area contributed by atoms with Gasteiger partial charge in [-0.3, -0.25) is 14.4 Å². The van der Waals surface area contributed by atoms with Crippen LogP contribution in [0.1, 0.15) is 35.3 Å². The van der Waals surface area contributed by atoms with Crippen LogP contribution in [0.25, 0.3) is 0 Å². The van der Waals surface area contributed by atoms with Gasteiger partial charge in [-0.1, -0.05) is 54.1 Å². The van der Waals surface area contributed by atoms with Gasteiger partial charge < -0.3 is 19.9 Å². The van der Waals surface area contributed by atoms with Gasteiger partial charge in [-0.2, -0.15) is 0 Å². The molecule has 0 bridgehead atoms. The Morgan fingerprint density at radius 1 is 0.821 bits per heavy atom. The summed E-state index contributed by atoms with van der Waals surface area (Å²) in [5, 5.41) is 3.50. The second kappa shape index (κ2) is 12.8. The molecule has 0 spiro atoms. The minimum atomic E-state index is -1.05. The molecule has 1 aliphatic rings. The van der Waals surface area contributed by atoms with Gasteiger partial charge in [0.05, 0.1) is 6.42 Å². The van der Waals surface area contributed by atoms with E-state index in [9.17, 15) is 14.4 Å². The third-order valence-corrected chi connectivity index (χ3v) is 6.99. The molecule has 0 saturated carbocycles. The Labute approximate surface area is 234 Å². The van der Waals surface area contributed by atoms with E-state index in [-0.39, 0.29) is 17.7 Å². The zero-order valence-corrected chi connectivity index (χ0v) is 23.1. The summed E-state index contributed by atoms with van der Waals surface area (Å²) in [4.78, 5) is 41.7. The van der Waals surface area contributed by atoms with Crippen LogP contribution in [-0.2, 0) is 22.4 Å². The summed E-state index contributed by atoms with van der Waals surface area (Å²) in [6.07, 6.45) is 1.03. The number of amides is 3. The number of carbonyl (C=O) groups is 3. The number of benzene rings is 3. The molecule has 3 aromatic carbocycles. The number of hydrogen-bond donors (Lipinski definition) is 1. The molecule has 1 saturated heterocycles. The van der Waals surface area contributed by atoms with Crippen molar-refractivity contribution >= 4 is 29.3 Å². The van der Waals surface area contributed by atoms with Gasteiger partial charge in [0.2, 0.25) is 5.91 Å². The van der Waals surface area contributed by atoms with E-state index in [0.29, 0.717) is 61.9 Å². The normalized spacial score (nSPS) is 13.6. The molecule has 204 valence electrons. The predicted molar refractivity (Wildman–Crippen MR) is 152 cm³/mol. The molecule has 39 heavy (non-hydrogen) atoms. The maximum Gasteiger partial charge on any atom is 0.266 e. The number of hydrogen-bond acceptors (Lipinski definition) is 4. The van der Waals surface area contributed by atoms with Crippen molar-refractivity contribution < 1.29 is 19.1 Å². The SMILES string of the molecule is CC(C)(Oc1ccc(CCNC(=O)c2ccc(Cl)cc2)cc1)C(=O)N1CCN(C(=O)Cc2ccccc2)CC1. The Morgan fingerprint density at radius 3 is 2.08 bits per heavy atom. The summed E-state index contributed by atoms with van der Waals surface area (Å²) in [7, 11) is 0. The fourth-order valence-corrected chi connectivity index (χ4v) is 4.63. The third-order valence-electron chi connectivity index (χ3n) is 6.73. The van der Waals surface area contributed by atoms with E-state index in [1.54, 1.807) is 43.0 Å². The molecule has 1 N–H and O–H groups in total. The number of nitrogens with one attached hydrogen (secondary N) is 1. The quantitative estimate of drug-likeness (QED) is 0.431. The zero-order chi connectivity index (χ0) is 27.8. The molecular formula is C31H34ClN3O4. The second-order valence-electron chi connectivity index (χ2n) is 10.1. The first kappa shape index (κ1) is 28.2. The standard InChI is InChI=1S/C31H34ClN3O4/c1-31(2,30(38)35-20-18-34(19-21-35)28(36)22-24-6-4-3-5-7-24)39-27-14-8-23(9-15-27)16-17-33-29(37)25-10-12-26(32)13-11-25/h3-15H,16-22H2,1-2H3,(H,33,37). The minimum Gasteiger partial charge on any atom is -0.478 e. The maximum absolute atomic E-state index is 13.2. The van der Waals surface area contributed by atoms with Crippen molar-refractivity contribution in [3.8, 4) is 5.75 Å². The summed E-state index contributed by atoms with van der Waals surface area (Å²) in [5.41, 5.74) is 1.54. The summed E-state index contributed by atoms with van der Waals surface area (Å²) in [6.45, 7) is 6.00. The number of halogens is 1. The Morgan fingerprint density at radius 2 is 1.44 bits per heavy atom. The summed E-state index contributed by atoms with van der Waals surface area (Å²) >= 11 is 5.87. The van der Waals surface area contributed by atoms with Gasteiger partial charge in [-0.15, -0.1) is 0 Å². The Kier molecular flexibility index (Phi) is 9.25. The minimum absolute atomic E-state index is 0.0773. The lowest BCUT2D eigenvalue weighted by molar-refractivity contribution is -0.149. The molecule has 3 aromatic rings. The third kappa shape index (κ3) is 7.83. The molecule has 0 aromatic heterocycles. The monoisotopic (exact) mass is 547 g/mol. The van der Waals surface area contributed by atoms with Gasteiger partial charge in [0.1, 0.15) is 5.75 Å². The number of carbonyl (C=O) groups excluding carboxylic acids is 3. The van der Waals surface area contributed by atoms with E-state index in [1.165, 1.54) is 0 Å². The highest BCUT2D eigenvalue weighted by Gasteiger charge is 2.36. The fraction of sp³-hybridized carbons (Fsp3) is 0.323. The van der Waals surface area contributed by atoms with E-state index < -0.39 is 5.60 Å². The van der Waals surface area contributed by atoms with E-state index in [2.05, 4.69) is 5.32 Å². The predicted octanol–water partition coefficient (Wildman–Crippen LogP) is 4.38. The van der Waals surface area contributed by atoms with Crippen LogP contribution in [0.5, 0.6) is 5.75 Å². The molecule has 8 heteroatoms. The lowest BCUT2D eigenvalue weighted by Gasteiger charge is -2.38. The molecule has 0 unspecified atom stereocenters. The largest absolute Gasteiger partial charge is 0.478 e. The Balaban J connectivity index is 1.22. The van der Waals surface area contributed by atoms with Crippen molar-refractivity contribution in [3.63, 3.8) is 0 Å². The molecule has 7 nitrogen and oxygen atoms in total. The Hall–Kier alpha value is -3.84. The highest BCUT2D eigenvalue weighted by atomic mass is 35.5. The highest BCUT2D eigenvalue weighted by Crippen LogP contribution is 2.22. The van der Waals surface area contributed by atoms with Crippen LogP contribution in [0.15, 0.2) is 78.9 Å². The molecule has 1 heterocycles. The molecule has 0 aliphatic carbocycles. The van der Waals surface area contributed by atoms with Crippen LogP contribution >= 0.6 is 11.6 Å². The van der Waals surface area contributed by atoms with Crippen LogP contribution in [0.3, 0.4) is 0 Å². The molecule has 4 rings (SSSR count). The van der Waals surface area contributed by atoms with Gasteiger partial charge in [0.25, 0.3) is 11.8 Å². The molecule has 3 amide bonds. The number of nitrogens with zero attached hydrogens (tertiary/aromatic N) is 2. The van der Waals surface area contributed by atoms with Crippen LogP contribution in [0.2, 0.25) is 5.02 Å². The van der Waals surface area contributed by atoms with Gasteiger partial charge >= 0.3 is 0 Å². The average molecular weight is 548 g/mol. The van der Waals surface area contributed by atoms with E-state index in [4.69, 9.17) is 16.3 Å². The van der Waals surface area contributed by atoms with Crippen molar-refractivity contribution in [1.82, 2.24) is 15.1 Å². The fourth-order valence-electron chi connectivity index (χ4n) is 4.51. The summed E-state index contributed by atoms with van der Waals surface area (Å²) in [5.74, 6) is 0.423. The first-order valence-electron chi connectivity index (χ1n) is 13.1. The number of rotatable bonds is 9. The van der Waals surface area contributed by atoms with Gasteiger partial charge in [0, 0.05) is 43.3 Å². The second-order valence-corrected chi connectivity index (χ2v) is 10.5. The van der Waals surface area contributed by atoms with Gasteiger partial charge in [-0.05, 0) is 67.8 Å². The lowest BCUT2D eigenvalue weighted by atomic mass is 10.1. The van der Waals surface area contributed by atoms with E-state index >= 15 is 0 Å². The maximum atomic E-state index is 13.2. The molecule has 0 radical (unpaired) electrons. The first-order valence-corrected chi connectivity index (χ1v) is 13.5. The zero-order valence-electron chi connectivity index (χ0n) is 22.4.